The minimum absolute atomic E-state index is 0.0846. The molecule has 1 amide bonds. The highest BCUT2D eigenvalue weighted by Crippen LogP contribution is 2.27. The number of aromatic nitrogens is 4. The Labute approximate surface area is 190 Å². The van der Waals surface area contributed by atoms with Crippen LogP contribution in [0.4, 0.5) is 0 Å². The fraction of sp³-hybridized carbons (Fsp3) is 0.217. The molecule has 0 N–H and O–H groups in total. The number of amides is 1. The third-order valence-electron chi connectivity index (χ3n) is 5.48. The standard InChI is InChI=1S/C23H21N5O4S/c1-33(30,31)21-19-8-7-17(22(29)27-9-11-32-12-10-27)13-20(19)28(26-21)23-24-14-18(15-25-23)16-5-3-2-4-6-16/h2-8,13-15H,9-12H2,1H3. The first-order valence-electron chi connectivity index (χ1n) is 10.4. The predicted molar refractivity (Wildman–Crippen MR) is 122 cm³/mol. The van der Waals surface area contributed by atoms with Crippen molar-refractivity contribution in [3.05, 3.63) is 66.5 Å². The largest absolute Gasteiger partial charge is 0.378 e. The second-order valence-corrected chi connectivity index (χ2v) is 9.69. The Morgan fingerprint density at radius 2 is 1.67 bits per heavy atom. The first-order chi connectivity index (χ1) is 15.9. The van der Waals surface area contributed by atoms with E-state index >= 15 is 0 Å². The van der Waals surface area contributed by atoms with Gasteiger partial charge in [-0.3, -0.25) is 4.79 Å². The highest BCUT2D eigenvalue weighted by Gasteiger charge is 2.24. The Balaban J connectivity index is 1.60. The smallest absolute Gasteiger partial charge is 0.254 e. The zero-order valence-corrected chi connectivity index (χ0v) is 18.7. The molecular weight excluding hydrogens is 442 g/mol. The number of sulfone groups is 1. The maximum Gasteiger partial charge on any atom is 0.254 e. The Morgan fingerprint density at radius 1 is 0.970 bits per heavy atom. The summed E-state index contributed by atoms with van der Waals surface area (Å²) in [5, 5.41) is 4.63. The summed E-state index contributed by atoms with van der Waals surface area (Å²) >= 11 is 0. The van der Waals surface area contributed by atoms with Gasteiger partial charge in [-0.25, -0.2) is 18.4 Å². The fourth-order valence-electron chi connectivity index (χ4n) is 3.80. The molecule has 5 rings (SSSR count). The lowest BCUT2D eigenvalue weighted by molar-refractivity contribution is 0.0303. The van der Waals surface area contributed by atoms with E-state index in [2.05, 4.69) is 15.1 Å². The van der Waals surface area contributed by atoms with Crippen molar-refractivity contribution in [1.29, 1.82) is 0 Å². The van der Waals surface area contributed by atoms with E-state index in [0.717, 1.165) is 17.4 Å². The predicted octanol–water partition coefficient (Wildman–Crippen LogP) is 2.36. The van der Waals surface area contributed by atoms with Crippen molar-refractivity contribution < 1.29 is 17.9 Å². The molecule has 0 atom stereocenters. The number of carbonyl (C=O) groups is 1. The summed E-state index contributed by atoms with van der Waals surface area (Å²) in [6, 6.07) is 14.6. The van der Waals surface area contributed by atoms with Crippen molar-refractivity contribution in [1.82, 2.24) is 24.6 Å². The molecule has 1 aliphatic rings. The molecule has 0 aliphatic carbocycles. The Morgan fingerprint density at radius 3 is 2.33 bits per heavy atom. The lowest BCUT2D eigenvalue weighted by Crippen LogP contribution is -2.40. The van der Waals surface area contributed by atoms with E-state index < -0.39 is 9.84 Å². The SMILES string of the molecule is CS(=O)(=O)c1nn(-c2ncc(-c3ccccc3)cn2)c2cc(C(=O)N3CCOCC3)ccc12. The van der Waals surface area contributed by atoms with E-state index in [0.29, 0.717) is 42.8 Å². The summed E-state index contributed by atoms with van der Waals surface area (Å²) in [6.45, 7) is 2.00. The molecule has 0 unspecified atom stereocenters. The van der Waals surface area contributed by atoms with Crippen molar-refractivity contribution in [3.8, 4) is 17.1 Å². The number of benzene rings is 2. The van der Waals surface area contributed by atoms with Gasteiger partial charge < -0.3 is 9.64 Å². The van der Waals surface area contributed by atoms with Crippen LogP contribution in [0.5, 0.6) is 0 Å². The maximum atomic E-state index is 13.0. The van der Waals surface area contributed by atoms with Crippen LogP contribution >= 0.6 is 0 Å². The van der Waals surface area contributed by atoms with Gasteiger partial charge in [-0.1, -0.05) is 30.3 Å². The zero-order chi connectivity index (χ0) is 23.0. The third kappa shape index (κ3) is 4.10. The molecule has 0 radical (unpaired) electrons. The van der Waals surface area contributed by atoms with Gasteiger partial charge in [0.25, 0.3) is 11.9 Å². The Kier molecular flexibility index (Phi) is 5.39. The van der Waals surface area contributed by atoms with Gasteiger partial charge in [0.15, 0.2) is 14.9 Å². The van der Waals surface area contributed by atoms with E-state index in [1.54, 1.807) is 35.5 Å². The first kappa shape index (κ1) is 21.2. The van der Waals surface area contributed by atoms with Gasteiger partial charge in [0.2, 0.25) is 0 Å². The van der Waals surface area contributed by atoms with Crippen molar-refractivity contribution in [3.63, 3.8) is 0 Å². The number of fused-ring (bicyclic) bond motifs is 1. The molecule has 1 aliphatic heterocycles. The molecular formula is C23H21N5O4S. The molecule has 2 aromatic heterocycles. The molecule has 2 aromatic carbocycles. The molecule has 4 aromatic rings. The van der Waals surface area contributed by atoms with E-state index in [-0.39, 0.29) is 16.9 Å². The third-order valence-corrected chi connectivity index (χ3v) is 6.48. The van der Waals surface area contributed by atoms with Gasteiger partial charge in [0.1, 0.15) is 0 Å². The maximum absolute atomic E-state index is 13.0. The zero-order valence-electron chi connectivity index (χ0n) is 17.9. The number of hydrogen-bond donors (Lipinski definition) is 0. The van der Waals surface area contributed by atoms with Crippen LogP contribution in [0, 0.1) is 0 Å². The average Bonchev–Trinajstić information content (AvgIpc) is 3.24. The van der Waals surface area contributed by atoms with Gasteiger partial charge in [0.05, 0.1) is 18.7 Å². The van der Waals surface area contributed by atoms with Crippen LogP contribution in [0.15, 0.2) is 66.0 Å². The van der Waals surface area contributed by atoms with Crippen molar-refractivity contribution >= 4 is 26.6 Å². The number of ether oxygens (including phenoxy) is 1. The second kappa shape index (κ2) is 8.38. The molecule has 33 heavy (non-hydrogen) atoms. The van der Waals surface area contributed by atoms with Crippen molar-refractivity contribution in [2.75, 3.05) is 32.6 Å². The van der Waals surface area contributed by atoms with Crippen LogP contribution in [0.2, 0.25) is 0 Å². The molecule has 10 heteroatoms. The number of nitrogens with zero attached hydrogens (tertiary/aromatic N) is 5. The molecule has 9 nitrogen and oxygen atoms in total. The van der Waals surface area contributed by atoms with Crippen LogP contribution in [-0.4, -0.2) is 71.5 Å². The van der Waals surface area contributed by atoms with E-state index in [1.807, 2.05) is 30.3 Å². The highest BCUT2D eigenvalue weighted by atomic mass is 32.2. The molecule has 1 fully saturated rings. The monoisotopic (exact) mass is 463 g/mol. The van der Waals surface area contributed by atoms with Crippen molar-refractivity contribution in [2.45, 2.75) is 5.03 Å². The topological polar surface area (TPSA) is 107 Å². The highest BCUT2D eigenvalue weighted by molar-refractivity contribution is 7.90. The molecule has 0 spiro atoms. The van der Waals surface area contributed by atoms with Crippen LogP contribution in [0.25, 0.3) is 28.0 Å². The van der Waals surface area contributed by atoms with Crippen LogP contribution < -0.4 is 0 Å². The number of carbonyl (C=O) groups excluding carboxylic acids is 1. The minimum Gasteiger partial charge on any atom is -0.378 e. The van der Waals surface area contributed by atoms with Gasteiger partial charge in [-0.05, 0) is 23.8 Å². The normalized spacial score (nSPS) is 14.5. The van der Waals surface area contributed by atoms with E-state index in [9.17, 15) is 13.2 Å². The molecule has 0 bridgehead atoms. The van der Waals surface area contributed by atoms with Gasteiger partial charge >= 0.3 is 0 Å². The van der Waals surface area contributed by atoms with Gasteiger partial charge in [-0.2, -0.15) is 9.78 Å². The summed E-state index contributed by atoms with van der Waals surface area (Å²) in [5.41, 5.74) is 2.67. The number of hydrogen-bond acceptors (Lipinski definition) is 7. The summed E-state index contributed by atoms with van der Waals surface area (Å²) in [5.74, 6) is 0.0692. The van der Waals surface area contributed by atoms with E-state index in [4.69, 9.17) is 4.74 Å². The summed E-state index contributed by atoms with van der Waals surface area (Å²) in [4.78, 5) is 23.5. The number of rotatable bonds is 4. The molecule has 3 heterocycles. The lowest BCUT2D eigenvalue weighted by atomic mass is 10.1. The summed E-state index contributed by atoms with van der Waals surface area (Å²) in [6.07, 6.45) is 4.42. The lowest BCUT2D eigenvalue weighted by Gasteiger charge is -2.26. The van der Waals surface area contributed by atoms with Crippen LogP contribution in [-0.2, 0) is 14.6 Å². The van der Waals surface area contributed by atoms with Gasteiger partial charge in [-0.15, -0.1) is 0 Å². The first-order valence-corrected chi connectivity index (χ1v) is 12.3. The second-order valence-electron chi connectivity index (χ2n) is 7.76. The minimum atomic E-state index is -3.62. The quantitative estimate of drug-likeness (QED) is 0.457. The Hall–Kier alpha value is -3.63. The molecule has 1 saturated heterocycles. The van der Waals surface area contributed by atoms with Crippen molar-refractivity contribution in [2.24, 2.45) is 0 Å². The average molecular weight is 464 g/mol. The van der Waals surface area contributed by atoms with E-state index in [1.165, 1.54) is 4.68 Å². The number of morpholine rings is 1. The Bertz CT molecular complexity index is 1430. The molecule has 0 saturated carbocycles. The van der Waals surface area contributed by atoms with Gasteiger partial charge in [0, 0.05) is 48.3 Å². The van der Waals surface area contributed by atoms with Crippen LogP contribution in [0.1, 0.15) is 10.4 Å². The van der Waals surface area contributed by atoms with Crippen LogP contribution in [0.3, 0.4) is 0 Å². The summed E-state index contributed by atoms with van der Waals surface area (Å²) < 4.78 is 31.5. The fourth-order valence-corrected chi connectivity index (χ4v) is 4.61. The molecule has 168 valence electrons. The summed E-state index contributed by atoms with van der Waals surface area (Å²) in [7, 11) is -3.62.